The Morgan fingerprint density at radius 1 is 1.29 bits per heavy atom. The topological polar surface area (TPSA) is 73.1 Å². The number of ether oxygens (including phenoxy) is 1. The number of hydrogen-bond acceptors (Lipinski definition) is 6. The second-order valence-corrected chi connectivity index (χ2v) is 5.04. The van der Waals surface area contributed by atoms with Crippen LogP contribution in [0.4, 0.5) is 5.82 Å². The Labute approximate surface area is 122 Å². The molecule has 0 saturated heterocycles. The number of rotatable bonds is 5. The molecule has 0 fully saturated rings. The predicted octanol–water partition coefficient (Wildman–Crippen LogP) is 2.84. The molecule has 0 spiro atoms. The third-order valence-corrected chi connectivity index (χ3v) is 3.37. The molecule has 0 atom stereocenters. The van der Waals surface area contributed by atoms with E-state index in [1.807, 2.05) is 19.9 Å². The minimum Gasteiger partial charge on any atom is -0.432 e. The minimum absolute atomic E-state index is 0.614. The number of anilines is 1. The summed E-state index contributed by atoms with van der Waals surface area (Å²) in [7, 11) is 1.69. The number of fused-ring (bicyclic) bond motifs is 3. The predicted molar refractivity (Wildman–Crippen MR) is 81.6 cm³/mol. The summed E-state index contributed by atoms with van der Waals surface area (Å²) >= 11 is 0. The van der Waals surface area contributed by atoms with Crippen molar-refractivity contribution in [2.75, 3.05) is 25.6 Å². The minimum atomic E-state index is 0.614. The summed E-state index contributed by atoms with van der Waals surface area (Å²) in [5.41, 5.74) is 4.12. The molecule has 0 aromatic carbocycles. The molecular weight excluding hydrogens is 268 g/mol. The summed E-state index contributed by atoms with van der Waals surface area (Å²) in [6.45, 7) is 5.47. The van der Waals surface area contributed by atoms with Crippen molar-refractivity contribution in [2.24, 2.45) is 0 Å². The van der Waals surface area contributed by atoms with Gasteiger partial charge in [0.15, 0.2) is 11.4 Å². The highest BCUT2D eigenvalue weighted by Crippen LogP contribution is 2.31. The third kappa shape index (κ3) is 2.54. The zero-order valence-corrected chi connectivity index (χ0v) is 12.4. The molecular formula is C15H18N4O2. The molecule has 110 valence electrons. The van der Waals surface area contributed by atoms with E-state index in [2.05, 4.69) is 20.3 Å². The first-order chi connectivity index (χ1) is 10.2. The summed E-state index contributed by atoms with van der Waals surface area (Å²) in [6.07, 6.45) is 2.45. The molecule has 0 unspecified atom stereocenters. The van der Waals surface area contributed by atoms with E-state index in [-0.39, 0.29) is 0 Å². The molecule has 1 N–H and O–H groups in total. The van der Waals surface area contributed by atoms with Crippen molar-refractivity contribution in [3.05, 3.63) is 23.7 Å². The largest absolute Gasteiger partial charge is 0.432 e. The summed E-state index contributed by atoms with van der Waals surface area (Å²) in [5, 5.41) is 4.22. The highest BCUT2D eigenvalue weighted by molar-refractivity contribution is 6.05. The van der Waals surface area contributed by atoms with Gasteiger partial charge in [-0.1, -0.05) is 0 Å². The Bertz CT molecular complexity index is 782. The molecule has 6 nitrogen and oxygen atoms in total. The second kappa shape index (κ2) is 5.65. The first-order valence-corrected chi connectivity index (χ1v) is 6.95. The van der Waals surface area contributed by atoms with Crippen molar-refractivity contribution in [3.63, 3.8) is 0 Å². The molecule has 0 amide bonds. The van der Waals surface area contributed by atoms with Crippen molar-refractivity contribution in [3.8, 4) is 0 Å². The highest BCUT2D eigenvalue weighted by atomic mass is 16.5. The average molecular weight is 286 g/mol. The number of aromatic nitrogens is 3. The lowest BCUT2D eigenvalue weighted by atomic mass is 10.1. The lowest BCUT2D eigenvalue weighted by Crippen LogP contribution is -2.06. The fourth-order valence-corrected chi connectivity index (χ4v) is 2.46. The maximum atomic E-state index is 5.87. The zero-order chi connectivity index (χ0) is 14.8. The van der Waals surface area contributed by atoms with Crippen LogP contribution in [0.2, 0.25) is 0 Å². The maximum Gasteiger partial charge on any atom is 0.229 e. The van der Waals surface area contributed by atoms with Gasteiger partial charge in [0.2, 0.25) is 5.71 Å². The Balaban J connectivity index is 2.05. The van der Waals surface area contributed by atoms with E-state index in [1.165, 1.54) is 0 Å². The van der Waals surface area contributed by atoms with Crippen molar-refractivity contribution >= 4 is 28.0 Å². The molecule has 6 heteroatoms. The van der Waals surface area contributed by atoms with Gasteiger partial charge in [-0.15, -0.1) is 0 Å². The van der Waals surface area contributed by atoms with Gasteiger partial charge in [-0.25, -0.2) is 15.0 Å². The summed E-state index contributed by atoms with van der Waals surface area (Å²) in [4.78, 5) is 13.1. The fraction of sp³-hybridized carbons (Fsp3) is 0.400. The molecule has 0 aliphatic carbocycles. The van der Waals surface area contributed by atoms with E-state index in [0.29, 0.717) is 23.7 Å². The van der Waals surface area contributed by atoms with E-state index in [9.17, 15) is 0 Å². The van der Waals surface area contributed by atoms with Crippen LogP contribution in [0.1, 0.15) is 17.7 Å². The molecule has 3 aromatic rings. The maximum absolute atomic E-state index is 5.87. The number of nitrogens with one attached hydrogen (secondary N) is 1. The van der Waals surface area contributed by atoms with Crippen LogP contribution < -0.4 is 5.32 Å². The molecule has 0 radical (unpaired) electrons. The standard InChI is InChI=1S/C15H18N4O2/c1-9-7-10(2)19-15-11(9)12-13(21-15)14(18-8-17-12)16-5-4-6-20-3/h7-8H,4-6H2,1-3H3,(H,16,17,18). The normalized spacial score (nSPS) is 11.4. The van der Waals surface area contributed by atoms with E-state index in [4.69, 9.17) is 9.15 Å². The number of furan rings is 1. The van der Waals surface area contributed by atoms with Crippen LogP contribution in [0, 0.1) is 13.8 Å². The lowest BCUT2D eigenvalue weighted by Gasteiger charge is -2.04. The number of hydrogen-bond donors (Lipinski definition) is 1. The number of methoxy groups -OCH3 is 1. The summed E-state index contributed by atoms with van der Waals surface area (Å²) in [5.74, 6) is 0.700. The fourth-order valence-electron chi connectivity index (χ4n) is 2.46. The van der Waals surface area contributed by atoms with Crippen molar-refractivity contribution in [1.82, 2.24) is 15.0 Å². The van der Waals surface area contributed by atoms with Gasteiger partial charge in [0.1, 0.15) is 11.8 Å². The number of nitrogens with zero attached hydrogens (tertiary/aromatic N) is 3. The molecule has 0 saturated carbocycles. The van der Waals surface area contributed by atoms with Crippen molar-refractivity contribution < 1.29 is 9.15 Å². The molecule has 21 heavy (non-hydrogen) atoms. The molecule has 3 rings (SSSR count). The third-order valence-electron chi connectivity index (χ3n) is 3.37. The SMILES string of the molecule is COCCCNc1ncnc2c1oc1nc(C)cc(C)c12. The first-order valence-electron chi connectivity index (χ1n) is 6.95. The van der Waals surface area contributed by atoms with Crippen LogP contribution in [0.15, 0.2) is 16.8 Å². The van der Waals surface area contributed by atoms with Crippen molar-refractivity contribution in [2.45, 2.75) is 20.3 Å². The van der Waals surface area contributed by atoms with Crippen LogP contribution in [0.3, 0.4) is 0 Å². The van der Waals surface area contributed by atoms with Crippen LogP contribution in [0.25, 0.3) is 22.2 Å². The summed E-state index contributed by atoms with van der Waals surface area (Å²) in [6, 6.07) is 2.03. The van der Waals surface area contributed by atoms with Gasteiger partial charge in [0.05, 0.1) is 5.39 Å². The second-order valence-electron chi connectivity index (χ2n) is 5.04. The molecule has 3 heterocycles. The smallest absolute Gasteiger partial charge is 0.229 e. The van der Waals surface area contributed by atoms with Gasteiger partial charge in [-0.05, 0) is 31.9 Å². The van der Waals surface area contributed by atoms with E-state index in [0.717, 1.165) is 35.1 Å². The zero-order valence-electron chi connectivity index (χ0n) is 12.4. The first kappa shape index (κ1) is 13.8. The Morgan fingerprint density at radius 3 is 2.95 bits per heavy atom. The lowest BCUT2D eigenvalue weighted by molar-refractivity contribution is 0.198. The van der Waals surface area contributed by atoms with Crippen LogP contribution >= 0.6 is 0 Å². The quantitative estimate of drug-likeness (QED) is 0.727. The Morgan fingerprint density at radius 2 is 2.14 bits per heavy atom. The number of pyridine rings is 1. The van der Waals surface area contributed by atoms with Gasteiger partial charge in [-0.2, -0.15) is 0 Å². The molecule has 3 aromatic heterocycles. The Kier molecular flexibility index (Phi) is 3.70. The van der Waals surface area contributed by atoms with E-state index >= 15 is 0 Å². The van der Waals surface area contributed by atoms with Gasteiger partial charge < -0.3 is 14.5 Å². The Hall–Kier alpha value is -2.21. The van der Waals surface area contributed by atoms with Crippen LogP contribution in [0.5, 0.6) is 0 Å². The van der Waals surface area contributed by atoms with Gasteiger partial charge >= 0.3 is 0 Å². The van der Waals surface area contributed by atoms with E-state index in [1.54, 1.807) is 13.4 Å². The molecule has 0 aliphatic heterocycles. The monoisotopic (exact) mass is 286 g/mol. The summed E-state index contributed by atoms with van der Waals surface area (Å²) < 4.78 is 10.9. The molecule has 0 bridgehead atoms. The van der Waals surface area contributed by atoms with Gasteiger partial charge in [0.25, 0.3) is 0 Å². The number of aryl methyl sites for hydroxylation is 2. The van der Waals surface area contributed by atoms with Crippen molar-refractivity contribution in [1.29, 1.82) is 0 Å². The molecule has 0 aliphatic rings. The van der Waals surface area contributed by atoms with E-state index < -0.39 is 0 Å². The average Bonchev–Trinajstić information content (AvgIpc) is 2.82. The van der Waals surface area contributed by atoms with Crippen LogP contribution in [-0.4, -0.2) is 35.2 Å². The highest BCUT2D eigenvalue weighted by Gasteiger charge is 2.16. The van der Waals surface area contributed by atoms with Crippen LogP contribution in [-0.2, 0) is 4.74 Å². The van der Waals surface area contributed by atoms with Gasteiger partial charge in [0, 0.05) is 26.0 Å². The van der Waals surface area contributed by atoms with Gasteiger partial charge in [-0.3, -0.25) is 0 Å².